The zero-order valence-corrected chi connectivity index (χ0v) is 22.0. The third kappa shape index (κ3) is 5.76. The minimum absolute atomic E-state index is 0.117. The number of rotatable bonds is 6. The first-order valence-corrected chi connectivity index (χ1v) is 15.3. The Morgan fingerprint density at radius 2 is 2.00 bits per heavy atom. The van der Waals surface area contributed by atoms with Crippen molar-refractivity contribution in [2.45, 2.75) is 87.4 Å². The molecule has 2 aromatic rings. The van der Waals surface area contributed by atoms with Crippen molar-refractivity contribution in [3.8, 4) is 6.07 Å². The van der Waals surface area contributed by atoms with Gasteiger partial charge in [0, 0.05) is 24.3 Å². The van der Waals surface area contributed by atoms with Crippen molar-refractivity contribution in [2.75, 3.05) is 5.73 Å². The molecule has 0 spiro atoms. The van der Waals surface area contributed by atoms with Gasteiger partial charge in [-0.15, -0.1) is 11.8 Å². The van der Waals surface area contributed by atoms with E-state index in [4.69, 9.17) is 16.7 Å². The normalized spacial score (nSPS) is 19.0. The van der Waals surface area contributed by atoms with E-state index in [1.54, 1.807) is 12.4 Å². The second-order valence-electron chi connectivity index (χ2n) is 10.2. The summed E-state index contributed by atoms with van der Waals surface area (Å²) in [5.41, 5.74) is 8.87. The maximum Gasteiger partial charge on any atom is 0.232 e. The van der Waals surface area contributed by atoms with E-state index in [2.05, 4.69) is 54.7 Å². The lowest BCUT2D eigenvalue weighted by molar-refractivity contribution is 0.130. The van der Waals surface area contributed by atoms with Crippen molar-refractivity contribution in [3.05, 3.63) is 52.6 Å². The number of nitrogen functional groups attached to an aromatic ring is 1. The average molecular weight is 480 g/mol. The molecule has 0 radical (unpaired) electrons. The summed E-state index contributed by atoms with van der Waals surface area (Å²) in [4.78, 5) is 12.3. The Morgan fingerprint density at radius 1 is 1.30 bits per heavy atom. The van der Waals surface area contributed by atoms with Gasteiger partial charge >= 0.3 is 0 Å². The first kappa shape index (κ1) is 25.2. The van der Waals surface area contributed by atoms with E-state index in [0.29, 0.717) is 22.0 Å². The van der Waals surface area contributed by atoms with Gasteiger partial charge in [0.2, 0.25) is 5.69 Å². The number of nitrogens with zero attached hydrogens (tertiary/aromatic N) is 4. The molecule has 2 N–H and O–H groups in total. The Kier molecular flexibility index (Phi) is 7.84. The Hall–Kier alpha value is -2.39. The predicted octanol–water partition coefficient (Wildman–Crippen LogP) is 6.82. The third-order valence-electron chi connectivity index (χ3n) is 6.87. The molecular weight excluding hydrogens is 446 g/mol. The topological polar surface area (TPSA) is 89.2 Å². The summed E-state index contributed by atoms with van der Waals surface area (Å²) in [6.45, 7) is 19.1. The van der Waals surface area contributed by atoms with Gasteiger partial charge in [0.05, 0.1) is 12.1 Å². The summed E-state index contributed by atoms with van der Waals surface area (Å²) < 4.78 is 6.64. The number of pyridine rings is 2. The highest BCUT2D eigenvalue weighted by Gasteiger charge is 2.40. The van der Waals surface area contributed by atoms with Gasteiger partial charge in [0.15, 0.2) is 8.32 Å². The van der Waals surface area contributed by atoms with Crippen molar-refractivity contribution in [1.82, 2.24) is 9.97 Å². The van der Waals surface area contributed by atoms with Crippen LogP contribution in [0.3, 0.4) is 0 Å². The summed E-state index contributed by atoms with van der Waals surface area (Å²) in [6, 6.07) is 6.23. The van der Waals surface area contributed by atoms with Gasteiger partial charge in [-0.25, -0.2) is 9.83 Å². The van der Waals surface area contributed by atoms with E-state index in [9.17, 15) is 5.26 Å². The van der Waals surface area contributed by atoms with Crippen LogP contribution in [0.15, 0.2) is 29.6 Å². The molecule has 1 saturated carbocycles. The highest BCUT2D eigenvalue weighted by molar-refractivity contribution is 7.98. The fraction of sp³-hybridized carbons (Fsp3) is 0.520. The Balaban J connectivity index is 1.83. The molecule has 0 unspecified atom stereocenters. The van der Waals surface area contributed by atoms with Crippen LogP contribution in [0.1, 0.15) is 69.1 Å². The molecule has 3 rings (SSSR count). The molecule has 0 bridgehead atoms. The quantitative estimate of drug-likeness (QED) is 0.278. The lowest BCUT2D eigenvalue weighted by Crippen LogP contribution is -2.44. The van der Waals surface area contributed by atoms with Gasteiger partial charge < -0.3 is 10.2 Å². The minimum atomic E-state index is -1.83. The van der Waals surface area contributed by atoms with Crippen LogP contribution in [0, 0.1) is 17.9 Å². The molecular formula is C25H33N5OSSi. The molecule has 1 aliphatic carbocycles. The first-order chi connectivity index (χ1) is 15.6. The number of anilines is 1. The molecule has 174 valence electrons. The van der Waals surface area contributed by atoms with Gasteiger partial charge in [-0.3, -0.25) is 4.98 Å². The fourth-order valence-electron chi connectivity index (χ4n) is 4.02. The molecule has 33 heavy (non-hydrogen) atoms. The van der Waals surface area contributed by atoms with Crippen LogP contribution in [0.25, 0.3) is 4.85 Å². The zero-order chi connectivity index (χ0) is 24.2. The summed E-state index contributed by atoms with van der Waals surface area (Å²) in [5.74, 6) is 0.970. The van der Waals surface area contributed by atoms with Crippen LogP contribution in [-0.4, -0.2) is 24.4 Å². The van der Waals surface area contributed by atoms with E-state index >= 15 is 0 Å². The maximum absolute atomic E-state index is 10.1. The highest BCUT2D eigenvalue weighted by atomic mass is 32.2. The molecule has 0 aromatic carbocycles. The third-order valence-corrected chi connectivity index (χ3v) is 12.5. The average Bonchev–Trinajstić information content (AvgIpc) is 2.77. The molecule has 0 aliphatic heterocycles. The summed E-state index contributed by atoms with van der Waals surface area (Å²) in [5, 5.41) is 10.8. The lowest BCUT2D eigenvalue weighted by Gasteiger charge is -2.41. The molecule has 2 heterocycles. The van der Waals surface area contributed by atoms with Crippen LogP contribution >= 0.6 is 11.8 Å². The van der Waals surface area contributed by atoms with Crippen molar-refractivity contribution in [3.63, 3.8) is 0 Å². The summed E-state index contributed by atoms with van der Waals surface area (Å²) >= 11 is 1.47. The van der Waals surface area contributed by atoms with Crippen LogP contribution in [0.4, 0.5) is 11.5 Å². The molecule has 2 aromatic heterocycles. The van der Waals surface area contributed by atoms with E-state index in [-0.39, 0.29) is 22.9 Å². The molecule has 0 atom stereocenters. The van der Waals surface area contributed by atoms with Gasteiger partial charge in [-0.2, -0.15) is 5.26 Å². The Morgan fingerprint density at radius 3 is 2.55 bits per heavy atom. The van der Waals surface area contributed by atoms with E-state index in [1.807, 2.05) is 12.1 Å². The van der Waals surface area contributed by atoms with E-state index in [0.717, 1.165) is 36.8 Å². The fourth-order valence-corrected chi connectivity index (χ4v) is 6.37. The Labute approximate surface area is 202 Å². The number of hydrogen-bond acceptors (Lipinski definition) is 6. The first-order valence-electron chi connectivity index (χ1n) is 11.4. The number of hydrogen-bond donors (Lipinski definition) is 1. The highest BCUT2D eigenvalue weighted by Crippen LogP contribution is 2.46. The molecule has 1 fully saturated rings. The standard InChI is InChI=1S/C25H33N5OSSi/c1-25(2,3)33(5,6)31-19-11-9-18(10-12-19)21-20(14-26)24(30-23(27)22(21)28-4)32-16-17-8-7-13-29-15-17/h7-8,13,15,18-19H,9-12,16H2,1-3,5-6H3,(H2,27,30). The summed E-state index contributed by atoms with van der Waals surface area (Å²) in [6.07, 6.45) is 7.40. The van der Waals surface area contributed by atoms with Crippen LogP contribution in [0.2, 0.25) is 18.1 Å². The van der Waals surface area contributed by atoms with Gasteiger partial charge in [-0.05, 0) is 66.9 Å². The Bertz CT molecular complexity index is 1060. The summed E-state index contributed by atoms with van der Waals surface area (Å²) in [7, 11) is -1.83. The van der Waals surface area contributed by atoms with Crippen molar-refractivity contribution < 1.29 is 4.43 Å². The second kappa shape index (κ2) is 10.3. The SMILES string of the molecule is [C-]#[N+]c1c(N)nc(SCc2cccnc2)c(C#N)c1C1CCC(O[Si](C)(C)C(C)(C)C)CC1. The number of nitrogens with two attached hydrogens (primary N) is 1. The van der Waals surface area contributed by atoms with Gasteiger partial charge in [0.25, 0.3) is 0 Å². The van der Waals surface area contributed by atoms with E-state index in [1.165, 1.54) is 11.8 Å². The van der Waals surface area contributed by atoms with Gasteiger partial charge in [-0.1, -0.05) is 26.8 Å². The minimum Gasteiger partial charge on any atom is -0.414 e. The molecule has 8 heteroatoms. The smallest absolute Gasteiger partial charge is 0.232 e. The monoisotopic (exact) mass is 479 g/mol. The molecule has 6 nitrogen and oxygen atoms in total. The zero-order valence-electron chi connectivity index (χ0n) is 20.2. The van der Waals surface area contributed by atoms with Crippen molar-refractivity contribution >= 4 is 31.6 Å². The van der Waals surface area contributed by atoms with Crippen molar-refractivity contribution in [1.29, 1.82) is 5.26 Å². The molecule has 1 aliphatic rings. The van der Waals surface area contributed by atoms with Crippen LogP contribution < -0.4 is 5.73 Å². The number of thioether (sulfide) groups is 1. The molecule has 0 amide bonds. The maximum atomic E-state index is 10.1. The van der Waals surface area contributed by atoms with Gasteiger partial charge in [0.1, 0.15) is 16.9 Å². The van der Waals surface area contributed by atoms with Crippen molar-refractivity contribution in [2.24, 2.45) is 0 Å². The van der Waals surface area contributed by atoms with Crippen LogP contribution in [0.5, 0.6) is 0 Å². The second-order valence-corrected chi connectivity index (χ2v) is 15.9. The largest absolute Gasteiger partial charge is 0.414 e. The number of nitriles is 1. The predicted molar refractivity (Wildman–Crippen MR) is 137 cm³/mol. The lowest BCUT2D eigenvalue weighted by atomic mass is 9.80. The molecule has 0 saturated heterocycles. The number of aromatic nitrogens is 2. The van der Waals surface area contributed by atoms with Crippen LogP contribution in [-0.2, 0) is 10.2 Å². The van der Waals surface area contributed by atoms with E-state index < -0.39 is 8.32 Å².